The van der Waals surface area contributed by atoms with E-state index in [-0.39, 0.29) is 0 Å². The molecule has 0 radical (unpaired) electrons. The van der Waals surface area contributed by atoms with E-state index < -0.39 is 0 Å². The maximum absolute atomic E-state index is 5.80. The number of imidazole rings is 1. The van der Waals surface area contributed by atoms with Gasteiger partial charge in [-0.15, -0.1) is 0 Å². The number of ether oxygens (including phenoxy) is 2. The average molecular weight is 402 g/mol. The van der Waals surface area contributed by atoms with E-state index in [0.29, 0.717) is 19.0 Å². The summed E-state index contributed by atoms with van der Waals surface area (Å²) in [6, 6.07) is 11.8. The van der Waals surface area contributed by atoms with Gasteiger partial charge in [0.25, 0.3) is 0 Å². The molecule has 0 saturated heterocycles. The third kappa shape index (κ3) is 4.02. The van der Waals surface area contributed by atoms with Gasteiger partial charge in [0.05, 0.1) is 34.9 Å². The quantitative estimate of drug-likeness (QED) is 0.530. The number of hydrogen-bond acceptors (Lipinski definition) is 4. The minimum Gasteiger partial charge on any atom is -0.490 e. The van der Waals surface area contributed by atoms with Crippen LogP contribution in [0, 0.1) is 0 Å². The number of rotatable bonds is 7. The molecule has 0 fully saturated rings. The van der Waals surface area contributed by atoms with Gasteiger partial charge in [-0.25, -0.2) is 9.66 Å². The molecule has 0 unspecified atom stereocenters. The summed E-state index contributed by atoms with van der Waals surface area (Å²) in [5, 5.41) is 4.51. The average Bonchev–Trinajstić information content (AvgIpc) is 3.03. The Morgan fingerprint density at radius 3 is 2.84 bits per heavy atom. The maximum atomic E-state index is 5.80. The molecule has 3 aromatic rings. The molecule has 0 saturated carbocycles. The van der Waals surface area contributed by atoms with Gasteiger partial charge in [0.15, 0.2) is 11.5 Å². The zero-order chi connectivity index (χ0) is 17.6. The summed E-state index contributed by atoms with van der Waals surface area (Å²) in [7, 11) is 0. The van der Waals surface area contributed by atoms with Crippen LogP contribution < -0.4 is 9.47 Å². The van der Waals surface area contributed by atoms with Crippen molar-refractivity contribution in [3.05, 3.63) is 52.8 Å². The van der Waals surface area contributed by atoms with Crippen molar-refractivity contribution >= 4 is 33.2 Å². The van der Waals surface area contributed by atoms with E-state index in [0.717, 1.165) is 33.2 Å². The molecule has 0 aliphatic rings. The highest BCUT2D eigenvalue weighted by molar-refractivity contribution is 9.10. The first-order valence-corrected chi connectivity index (χ1v) is 9.07. The lowest BCUT2D eigenvalue weighted by Gasteiger charge is -2.14. The molecule has 0 aliphatic carbocycles. The van der Waals surface area contributed by atoms with Gasteiger partial charge in [0, 0.05) is 0 Å². The topological polar surface area (TPSA) is 48.6 Å². The van der Waals surface area contributed by atoms with Gasteiger partial charge in [-0.2, -0.15) is 5.10 Å². The third-order valence-corrected chi connectivity index (χ3v) is 4.14. The first kappa shape index (κ1) is 17.5. The predicted molar refractivity (Wildman–Crippen MR) is 104 cm³/mol. The summed E-state index contributed by atoms with van der Waals surface area (Å²) < 4.78 is 14.1. The van der Waals surface area contributed by atoms with Gasteiger partial charge < -0.3 is 9.47 Å². The second kappa shape index (κ2) is 8.16. The van der Waals surface area contributed by atoms with Gasteiger partial charge >= 0.3 is 0 Å². The van der Waals surface area contributed by atoms with Gasteiger partial charge in [0.1, 0.15) is 6.33 Å². The monoisotopic (exact) mass is 401 g/mol. The molecule has 130 valence electrons. The molecule has 2 aromatic carbocycles. The number of hydrogen-bond donors (Lipinski definition) is 0. The fourth-order valence-electron chi connectivity index (χ4n) is 2.44. The zero-order valence-electron chi connectivity index (χ0n) is 14.3. The van der Waals surface area contributed by atoms with E-state index in [9.17, 15) is 0 Å². The molecule has 0 atom stereocenters. The van der Waals surface area contributed by atoms with Gasteiger partial charge in [-0.1, -0.05) is 19.1 Å². The summed E-state index contributed by atoms with van der Waals surface area (Å²) >= 11 is 3.57. The fraction of sp³-hybridized carbons (Fsp3) is 0.263. The molecular weight excluding hydrogens is 382 g/mol. The zero-order valence-corrected chi connectivity index (χ0v) is 15.9. The van der Waals surface area contributed by atoms with Crippen LogP contribution in [-0.4, -0.2) is 29.1 Å². The van der Waals surface area contributed by atoms with Crippen LogP contribution in [0.4, 0.5) is 0 Å². The van der Waals surface area contributed by atoms with Gasteiger partial charge in [0.2, 0.25) is 0 Å². The highest BCUT2D eigenvalue weighted by Crippen LogP contribution is 2.36. The fourth-order valence-corrected chi connectivity index (χ4v) is 3.01. The lowest BCUT2D eigenvalue weighted by molar-refractivity contribution is 0.275. The molecule has 0 N–H and O–H groups in total. The standard InChI is InChI=1S/C19H20BrN3O2/c1-3-9-25-19-15(20)10-14(11-18(19)24-4-2)12-22-23-13-21-16-7-5-6-8-17(16)23/h5-8,10-13H,3-4,9H2,1-2H3/b22-12-. The highest BCUT2D eigenvalue weighted by atomic mass is 79.9. The lowest BCUT2D eigenvalue weighted by atomic mass is 10.2. The highest BCUT2D eigenvalue weighted by Gasteiger charge is 2.11. The van der Waals surface area contributed by atoms with E-state index in [2.05, 4.69) is 32.9 Å². The van der Waals surface area contributed by atoms with Crippen LogP contribution in [0.15, 0.2) is 52.3 Å². The molecule has 0 bridgehead atoms. The maximum Gasteiger partial charge on any atom is 0.175 e. The molecule has 0 spiro atoms. The van der Waals surface area contributed by atoms with Crippen LogP contribution >= 0.6 is 15.9 Å². The molecule has 0 amide bonds. The van der Waals surface area contributed by atoms with E-state index in [4.69, 9.17) is 9.47 Å². The molecule has 6 heteroatoms. The van der Waals surface area contributed by atoms with Gasteiger partial charge in [-0.05, 0) is 59.1 Å². The number of benzene rings is 2. The number of halogens is 1. The lowest BCUT2D eigenvalue weighted by Crippen LogP contribution is -2.02. The Morgan fingerprint density at radius 2 is 2.04 bits per heavy atom. The third-order valence-electron chi connectivity index (χ3n) is 3.55. The van der Waals surface area contributed by atoms with Crippen molar-refractivity contribution in [2.45, 2.75) is 20.3 Å². The molecule has 1 heterocycles. The first-order valence-electron chi connectivity index (χ1n) is 8.28. The van der Waals surface area contributed by atoms with Crippen molar-refractivity contribution in [1.29, 1.82) is 0 Å². The summed E-state index contributed by atoms with van der Waals surface area (Å²) in [6.07, 6.45) is 4.43. The summed E-state index contributed by atoms with van der Waals surface area (Å²) in [4.78, 5) is 4.34. The minimum atomic E-state index is 0.571. The smallest absolute Gasteiger partial charge is 0.175 e. The Kier molecular flexibility index (Phi) is 5.71. The minimum absolute atomic E-state index is 0.571. The van der Waals surface area contributed by atoms with Crippen molar-refractivity contribution in [2.75, 3.05) is 13.2 Å². The molecule has 1 aromatic heterocycles. The van der Waals surface area contributed by atoms with E-state index in [1.807, 2.05) is 43.3 Å². The van der Waals surface area contributed by atoms with Crippen LogP contribution in [0.5, 0.6) is 11.5 Å². The SMILES string of the molecule is CCCOc1c(Br)cc(/C=N\n2cnc3ccccc32)cc1OCC. The number of fused-ring (bicyclic) bond motifs is 1. The molecule has 5 nitrogen and oxygen atoms in total. The number of nitrogens with zero attached hydrogens (tertiary/aromatic N) is 3. The summed E-state index contributed by atoms with van der Waals surface area (Å²) in [5.74, 6) is 1.44. The molecule has 25 heavy (non-hydrogen) atoms. The van der Waals surface area contributed by atoms with Crippen LogP contribution in [0.3, 0.4) is 0 Å². The van der Waals surface area contributed by atoms with Crippen molar-refractivity contribution in [1.82, 2.24) is 9.66 Å². The van der Waals surface area contributed by atoms with Crippen LogP contribution in [0.1, 0.15) is 25.8 Å². The van der Waals surface area contributed by atoms with Crippen LogP contribution in [0.25, 0.3) is 11.0 Å². The Balaban J connectivity index is 1.91. The van der Waals surface area contributed by atoms with E-state index >= 15 is 0 Å². The summed E-state index contributed by atoms with van der Waals surface area (Å²) in [6.45, 7) is 5.25. The Morgan fingerprint density at radius 1 is 1.20 bits per heavy atom. The van der Waals surface area contributed by atoms with Crippen molar-refractivity contribution < 1.29 is 9.47 Å². The predicted octanol–water partition coefficient (Wildman–Crippen LogP) is 4.87. The summed E-state index contributed by atoms with van der Waals surface area (Å²) in [5.41, 5.74) is 2.79. The molecular formula is C19H20BrN3O2. The van der Waals surface area contributed by atoms with E-state index in [1.165, 1.54) is 0 Å². The Bertz CT molecular complexity index is 890. The number of aromatic nitrogens is 2. The second-order valence-corrected chi connectivity index (χ2v) is 6.29. The first-order chi connectivity index (χ1) is 12.2. The van der Waals surface area contributed by atoms with Gasteiger partial charge in [-0.3, -0.25) is 0 Å². The largest absolute Gasteiger partial charge is 0.490 e. The van der Waals surface area contributed by atoms with E-state index in [1.54, 1.807) is 17.2 Å². The van der Waals surface area contributed by atoms with Crippen LogP contribution in [-0.2, 0) is 0 Å². The number of para-hydroxylation sites is 2. The molecule has 3 rings (SSSR count). The van der Waals surface area contributed by atoms with Crippen LogP contribution in [0.2, 0.25) is 0 Å². The van der Waals surface area contributed by atoms with Crippen molar-refractivity contribution in [3.63, 3.8) is 0 Å². The van der Waals surface area contributed by atoms with Crippen molar-refractivity contribution in [2.24, 2.45) is 5.10 Å². The Labute approximate surface area is 155 Å². The normalized spacial score (nSPS) is 11.3. The van der Waals surface area contributed by atoms with Crippen molar-refractivity contribution in [3.8, 4) is 11.5 Å². The Hall–Kier alpha value is -2.34. The second-order valence-electron chi connectivity index (χ2n) is 5.43. The molecule has 0 aliphatic heterocycles.